The van der Waals surface area contributed by atoms with Crippen LogP contribution >= 0.6 is 22.7 Å². The van der Waals surface area contributed by atoms with Crippen LogP contribution in [0, 0.1) is 0 Å². The lowest BCUT2D eigenvalue weighted by Gasteiger charge is -1.99. The van der Waals surface area contributed by atoms with Crippen LogP contribution in [-0.4, -0.2) is 26.1 Å². The number of hydrogen-bond donors (Lipinski definition) is 0. The van der Waals surface area contributed by atoms with E-state index in [0.717, 1.165) is 21.0 Å². The smallest absolute Gasteiger partial charge is 0.198 e. The lowest BCUT2D eigenvalue weighted by atomic mass is 10.1. The molecule has 1 aliphatic rings. The van der Waals surface area contributed by atoms with Crippen molar-refractivity contribution >= 4 is 51.5 Å². The lowest BCUT2D eigenvalue weighted by Crippen LogP contribution is -2.00. The molecule has 0 saturated heterocycles. The highest BCUT2D eigenvalue weighted by molar-refractivity contribution is 7.15. The van der Waals surface area contributed by atoms with Crippen LogP contribution in [0.15, 0.2) is 53.1 Å². The number of Topliss-reactive ketones (excluding diaryl/α,β-unsaturated/α-hetero) is 2. The van der Waals surface area contributed by atoms with Gasteiger partial charge in [-0.1, -0.05) is 0 Å². The number of thiophene rings is 2. The normalized spacial score (nSPS) is 13.7. The monoisotopic (exact) mass is 363 g/mol. The molecule has 5 nitrogen and oxygen atoms in total. The maximum Gasteiger partial charge on any atom is 0.198 e. The van der Waals surface area contributed by atoms with E-state index in [2.05, 4.69) is 9.97 Å². The summed E-state index contributed by atoms with van der Waals surface area (Å²) < 4.78 is 1.95. The van der Waals surface area contributed by atoms with Crippen molar-refractivity contribution in [3.05, 3.63) is 69.1 Å². The molecule has 0 aliphatic heterocycles. The maximum atomic E-state index is 12.4. The van der Waals surface area contributed by atoms with E-state index in [1.165, 1.54) is 22.7 Å². The van der Waals surface area contributed by atoms with Gasteiger partial charge in [0.15, 0.2) is 17.2 Å². The number of carbonyl (C=O) groups is 2. The Kier molecular flexibility index (Phi) is 3.06. The van der Waals surface area contributed by atoms with Crippen molar-refractivity contribution in [1.82, 2.24) is 14.5 Å². The van der Waals surface area contributed by atoms with Crippen LogP contribution < -0.4 is 0 Å². The van der Waals surface area contributed by atoms with Crippen LogP contribution in [0.4, 0.5) is 0 Å². The van der Waals surface area contributed by atoms with E-state index in [9.17, 15) is 9.59 Å². The third-order valence-corrected chi connectivity index (χ3v) is 5.87. The SMILES string of the molecule is O=C1C(=Cc2ccc(-n3ccc4nccnc43)s2)C(=O)c2cscc21. The van der Waals surface area contributed by atoms with Crippen molar-refractivity contribution in [3.63, 3.8) is 0 Å². The van der Waals surface area contributed by atoms with E-state index in [-0.39, 0.29) is 17.1 Å². The first-order chi connectivity index (χ1) is 12.2. The highest BCUT2D eigenvalue weighted by Crippen LogP contribution is 2.32. The molecule has 0 fully saturated rings. The summed E-state index contributed by atoms with van der Waals surface area (Å²) >= 11 is 2.87. The van der Waals surface area contributed by atoms with Gasteiger partial charge in [0, 0.05) is 45.4 Å². The molecular formula is C18H9N3O2S2. The van der Waals surface area contributed by atoms with E-state index < -0.39 is 0 Å². The molecule has 1 aliphatic carbocycles. The zero-order chi connectivity index (χ0) is 17.0. The molecule has 7 heteroatoms. The molecule has 4 aromatic rings. The second-order valence-electron chi connectivity index (χ2n) is 5.54. The van der Waals surface area contributed by atoms with Crippen LogP contribution in [0.25, 0.3) is 22.2 Å². The predicted molar refractivity (Wildman–Crippen MR) is 97.7 cm³/mol. The Hall–Kier alpha value is -2.90. The maximum absolute atomic E-state index is 12.4. The van der Waals surface area contributed by atoms with Gasteiger partial charge >= 0.3 is 0 Å². The van der Waals surface area contributed by atoms with Crippen LogP contribution in [0.3, 0.4) is 0 Å². The number of carbonyl (C=O) groups excluding carboxylic acids is 2. The topological polar surface area (TPSA) is 64.8 Å². The van der Waals surface area contributed by atoms with Crippen molar-refractivity contribution in [3.8, 4) is 5.00 Å². The Morgan fingerprint density at radius 2 is 1.72 bits per heavy atom. The summed E-state index contributed by atoms with van der Waals surface area (Å²) in [4.78, 5) is 34.3. The molecule has 25 heavy (non-hydrogen) atoms. The number of rotatable bonds is 2. The summed E-state index contributed by atoms with van der Waals surface area (Å²) in [7, 11) is 0. The molecule has 0 N–H and O–H groups in total. The zero-order valence-corrected chi connectivity index (χ0v) is 14.3. The molecule has 4 aromatic heterocycles. The number of aromatic nitrogens is 3. The number of hydrogen-bond acceptors (Lipinski definition) is 6. The Morgan fingerprint density at radius 1 is 0.960 bits per heavy atom. The second-order valence-corrected chi connectivity index (χ2v) is 7.38. The average molecular weight is 363 g/mol. The highest BCUT2D eigenvalue weighted by atomic mass is 32.1. The van der Waals surface area contributed by atoms with Crippen LogP contribution in [-0.2, 0) is 0 Å². The van der Waals surface area contributed by atoms with Gasteiger partial charge in [0.05, 0.1) is 5.57 Å². The first-order valence-corrected chi connectivity index (χ1v) is 9.24. The summed E-state index contributed by atoms with van der Waals surface area (Å²) in [6.45, 7) is 0. The minimum absolute atomic E-state index is 0.187. The van der Waals surface area contributed by atoms with Crippen molar-refractivity contribution in [1.29, 1.82) is 0 Å². The fourth-order valence-electron chi connectivity index (χ4n) is 2.90. The first-order valence-electron chi connectivity index (χ1n) is 7.48. The average Bonchev–Trinajstić information content (AvgIpc) is 3.38. The third-order valence-electron chi connectivity index (χ3n) is 4.09. The van der Waals surface area contributed by atoms with Gasteiger partial charge in [-0.3, -0.25) is 19.1 Å². The van der Waals surface area contributed by atoms with Crippen LogP contribution in [0.2, 0.25) is 0 Å². The molecule has 5 rings (SSSR count). The van der Waals surface area contributed by atoms with E-state index in [1.54, 1.807) is 29.2 Å². The van der Waals surface area contributed by atoms with Crippen LogP contribution in [0.5, 0.6) is 0 Å². The van der Waals surface area contributed by atoms with Gasteiger partial charge in [-0.15, -0.1) is 11.3 Å². The highest BCUT2D eigenvalue weighted by Gasteiger charge is 2.33. The standard InChI is InChI=1S/C18H9N3O2S2/c22-16-11(17(23)13-9-24-8-12(13)16)7-10-1-2-15(25-10)21-6-3-14-18(21)20-5-4-19-14/h1-9H. The van der Waals surface area contributed by atoms with Crippen molar-refractivity contribution in [2.45, 2.75) is 0 Å². The predicted octanol–water partition coefficient (Wildman–Crippen LogP) is 4.01. The van der Waals surface area contributed by atoms with Crippen molar-refractivity contribution in [2.24, 2.45) is 0 Å². The minimum Gasteiger partial charge on any atom is -0.291 e. The Bertz CT molecular complexity index is 1160. The van der Waals surface area contributed by atoms with Gasteiger partial charge in [0.2, 0.25) is 0 Å². The van der Waals surface area contributed by atoms with E-state index in [4.69, 9.17) is 0 Å². The fourth-order valence-corrected chi connectivity index (χ4v) is 4.65. The van der Waals surface area contributed by atoms with E-state index in [1.807, 2.05) is 29.0 Å². The number of allylic oxidation sites excluding steroid dienone is 1. The number of fused-ring (bicyclic) bond motifs is 2. The van der Waals surface area contributed by atoms with Crippen molar-refractivity contribution in [2.75, 3.05) is 0 Å². The summed E-state index contributed by atoms with van der Waals surface area (Å²) in [5.41, 5.74) is 2.87. The Morgan fingerprint density at radius 3 is 2.52 bits per heavy atom. The third kappa shape index (κ3) is 2.13. The molecule has 0 bridgehead atoms. The molecule has 120 valence electrons. The molecule has 0 unspecified atom stereocenters. The molecule has 0 aromatic carbocycles. The van der Waals surface area contributed by atoms with Gasteiger partial charge < -0.3 is 0 Å². The van der Waals surface area contributed by atoms with E-state index >= 15 is 0 Å². The summed E-state index contributed by atoms with van der Waals surface area (Å²) in [6.07, 6.45) is 6.91. The zero-order valence-electron chi connectivity index (χ0n) is 12.7. The first kappa shape index (κ1) is 14.4. The molecule has 0 amide bonds. The molecule has 0 atom stereocenters. The fraction of sp³-hybridized carbons (Fsp3) is 0. The van der Waals surface area contributed by atoms with Gasteiger partial charge in [-0.25, -0.2) is 4.98 Å². The summed E-state index contributed by atoms with van der Waals surface area (Å²) in [5, 5.41) is 4.43. The largest absolute Gasteiger partial charge is 0.291 e. The summed E-state index contributed by atoms with van der Waals surface area (Å²) in [5.74, 6) is -0.373. The number of nitrogens with zero attached hydrogens (tertiary/aromatic N) is 3. The molecule has 0 saturated carbocycles. The van der Waals surface area contributed by atoms with Gasteiger partial charge in [-0.05, 0) is 24.3 Å². The molecule has 0 radical (unpaired) electrons. The van der Waals surface area contributed by atoms with Crippen molar-refractivity contribution < 1.29 is 9.59 Å². The quantitative estimate of drug-likeness (QED) is 0.399. The second kappa shape index (κ2) is 5.30. The molecular weight excluding hydrogens is 354 g/mol. The molecule has 0 spiro atoms. The Balaban J connectivity index is 1.55. The van der Waals surface area contributed by atoms with Gasteiger partial charge in [0.1, 0.15) is 10.5 Å². The number of ketones is 2. The summed E-state index contributed by atoms with van der Waals surface area (Å²) in [6, 6.07) is 5.76. The lowest BCUT2D eigenvalue weighted by molar-refractivity contribution is 0.0990. The van der Waals surface area contributed by atoms with Gasteiger partial charge in [0.25, 0.3) is 0 Å². The van der Waals surface area contributed by atoms with E-state index in [0.29, 0.717) is 11.1 Å². The van der Waals surface area contributed by atoms with Crippen LogP contribution in [0.1, 0.15) is 25.6 Å². The minimum atomic E-state index is -0.187. The van der Waals surface area contributed by atoms with Gasteiger partial charge in [-0.2, -0.15) is 11.3 Å². The molecule has 4 heterocycles. The Labute approximate surface area is 149 Å².